The summed E-state index contributed by atoms with van der Waals surface area (Å²) < 4.78 is 27.4. The van der Waals surface area contributed by atoms with Crippen molar-refractivity contribution in [2.75, 3.05) is 17.7 Å². The number of carbonyl (C=O) groups excluding carboxylic acids is 1. The Balaban J connectivity index is 2.30. The van der Waals surface area contributed by atoms with Gasteiger partial charge in [0.15, 0.2) is 5.82 Å². The molecule has 2 aromatic rings. The highest BCUT2D eigenvalue weighted by molar-refractivity contribution is 6.04. The predicted molar refractivity (Wildman–Crippen MR) is 72.8 cm³/mol. The van der Waals surface area contributed by atoms with E-state index in [1.807, 2.05) is 0 Å². The van der Waals surface area contributed by atoms with Gasteiger partial charge in [0, 0.05) is 18.8 Å². The van der Waals surface area contributed by atoms with Crippen molar-refractivity contribution in [2.45, 2.75) is 6.92 Å². The lowest BCUT2D eigenvalue weighted by atomic mass is 10.2. The lowest BCUT2D eigenvalue weighted by Gasteiger charge is -2.09. The van der Waals surface area contributed by atoms with Gasteiger partial charge in [-0.1, -0.05) is 6.07 Å². The quantitative estimate of drug-likeness (QED) is 0.907. The summed E-state index contributed by atoms with van der Waals surface area (Å²) in [6.07, 6.45) is 1.43. The van der Waals surface area contributed by atoms with Gasteiger partial charge in [-0.2, -0.15) is 0 Å². The van der Waals surface area contributed by atoms with Gasteiger partial charge in [-0.3, -0.25) is 4.79 Å². The first-order valence-corrected chi connectivity index (χ1v) is 5.92. The summed E-state index contributed by atoms with van der Waals surface area (Å²) in [6.45, 7) is 1.50. The van der Waals surface area contributed by atoms with Gasteiger partial charge in [-0.25, -0.2) is 13.8 Å². The van der Waals surface area contributed by atoms with E-state index >= 15 is 0 Å². The zero-order chi connectivity index (χ0) is 14.7. The number of nitrogens with zero attached hydrogens (tertiary/aromatic N) is 1. The molecule has 0 aliphatic rings. The van der Waals surface area contributed by atoms with Crippen LogP contribution < -0.4 is 10.6 Å². The van der Waals surface area contributed by atoms with Gasteiger partial charge in [0.25, 0.3) is 5.91 Å². The van der Waals surface area contributed by atoms with E-state index in [-0.39, 0.29) is 11.1 Å². The highest BCUT2D eigenvalue weighted by atomic mass is 19.1. The van der Waals surface area contributed by atoms with Crippen LogP contribution in [0.5, 0.6) is 0 Å². The number of rotatable bonds is 3. The van der Waals surface area contributed by atoms with Gasteiger partial charge in [-0.15, -0.1) is 0 Å². The number of carbonyl (C=O) groups is 1. The fraction of sp³-hybridized carbons (Fsp3) is 0.143. The van der Waals surface area contributed by atoms with Crippen molar-refractivity contribution in [1.29, 1.82) is 0 Å². The summed E-state index contributed by atoms with van der Waals surface area (Å²) in [5.41, 5.74) is 0.0646. The van der Waals surface area contributed by atoms with Crippen LogP contribution in [0.2, 0.25) is 0 Å². The van der Waals surface area contributed by atoms with Crippen molar-refractivity contribution in [3.63, 3.8) is 0 Å². The topological polar surface area (TPSA) is 54.0 Å². The van der Waals surface area contributed by atoms with E-state index in [2.05, 4.69) is 15.6 Å². The Bertz CT molecular complexity index is 659. The molecule has 1 amide bonds. The molecule has 0 aliphatic heterocycles. The van der Waals surface area contributed by atoms with E-state index in [4.69, 9.17) is 0 Å². The monoisotopic (exact) mass is 277 g/mol. The average Bonchev–Trinajstić information content (AvgIpc) is 2.47. The van der Waals surface area contributed by atoms with Crippen LogP contribution in [-0.2, 0) is 0 Å². The van der Waals surface area contributed by atoms with E-state index in [0.29, 0.717) is 5.82 Å². The normalized spacial score (nSPS) is 10.2. The molecule has 0 aliphatic carbocycles. The zero-order valence-electron chi connectivity index (χ0n) is 11.0. The highest BCUT2D eigenvalue weighted by Gasteiger charge is 2.15. The summed E-state index contributed by atoms with van der Waals surface area (Å²) in [4.78, 5) is 16.0. The van der Waals surface area contributed by atoms with Crippen molar-refractivity contribution in [2.24, 2.45) is 0 Å². The molecule has 2 rings (SSSR count). The molecule has 0 spiro atoms. The molecule has 20 heavy (non-hydrogen) atoms. The van der Waals surface area contributed by atoms with Crippen molar-refractivity contribution in [1.82, 2.24) is 4.98 Å². The lowest BCUT2D eigenvalue weighted by molar-refractivity contribution is 0.102. The Morgan fingerprint density at radius 2 is 2.00 bits per heavy atom. The minimum Gasteiger partial charge on any atom is -0.373 e. The van der Waals surface area contributed by atoms with Gasteiger partial charge < -0.3 is 10.6 Å². The van der Waals surface area contributed by atoms with Crippen LogP contribution in [0.15, 0.2) is 30.5 Å². The molecule has 6 heteroatoms. The number of hydrogen-bond acceptors (Lipinski definition) is 3. The Morgan fingerprint density at radius 1 is 1.25 bits per heavy atom. The van der Waals surface area contributed by atoms with Crippen molar-refractivity contribution < 1.29 is 13.6 Å². The Labute approximate surface area is 114 Å². The fourth-order valence-corrected chi connectivity index (χ4v) is 1.67. The number of halogens is 2. The van der Waals surface area contributed by atoms with Gasteiger partial charge in [0.05, 0.1) is 0 Å². The van der Waals surface area contributed by atoms with Crippen LogP contribution >= 0.6 is 0 Å². The number of nitrogens with one attached hydrogen (secondary N) is 2. The molecule has 0 atom stereocenters. The summed E-state index contributed by atoms with van der Waals surface area (Å²) in [5, 5.41) is 5.02. The third kappa shape index (κ3) is 2.74. The molecule has 2 N–H and O–H groups in total. The van der Waals surface area contributed by atoms with Crippen LogP contribution in [0.1, 0.15) is 15.9 Å². The van der Waals surface area contributed by atoms with Crippen molar-refractivity contribution in [3.05, 3.63) is 53.2 Å². The first-order chi connectivity index (χ1) is 9.52. The molecule has 4 nitrogen and oxygen atoms in total. The van der Waals surface area contributed by atoms with Gasteiger partial charge >= 0.3 is 0 Å². The molecule has 1 aromatic heterocycles. The van der Waals surface area contributed by atoms with Crippen LogP contribution in [0.4, 0.5) is 20.3 Å². The number of amides is 1. The molecule has 104 valence electrons. The Kier molecular flexibility index (Phi) is 3.93. The maximum Gasteiger partial charge on any atom is 0.256 e. The number of aromatic nitrogens is 1. The molecule has 1 aromatic carbocycles. The van der Waals surface area contributed by atoms with Gasteiger partial charge in [0.1, 0.15) is 17.3 Å². The summed E-state index contributed by atoms with van der Waals surface area (Å²) in [6, 6.07) is 5.37. The molecule has 1 heterocycles. The van der Waals surface area contributed by atoms with Crippen LogP contribution in [0.25, 0.3) is 0 Å². The van der Waals surface area contributed by atoms with Crippen LogP contribution in [-0.4, -0.2) is 17.9 Å². The predicted octanol–water partition coefficient (Wildman–Crippen LogP) is 2.96. The maximum absolute atomic E-state index is 13.8. The number of benzene rings is 1. The first kappa shape index (κ1) is 13.9. The van der Waals surface area contributed by atoms with E-state index in [9.17, 15) is 13.6 Å². The van der Waals surface area contributed by atoms with E-state index in [0.717, 1.165) is 6.07 Å². The number of anilines is 2. The third-order valence-corrected chi connectivity index (χ3v) is 2.80. The lowest BCUT2D eigenvalue weighted by Crippen LogP contribution is -2.15. The molecule has 0 radical (unpaired) electrons. The Hall–Kier alpha value is -2.50. The molecular formula is C14H13F2N3O. The standard InChI is InChI=1S/C14H13F2N3O/c1-8-3-4-10(15)13(12(8)16)19-14(20)9-5-6-18-11(7-9)17-2/h3-7H,1-2H3,(H,17,18)(H,19,20). The second kappa shape index (κ2) is 5.64. The molecule has 0 saturated carbocycles. The van der Waals surface area contributed by atoms with Gasteiger partial charge in [-0.05, 0) is 30.7 Å². The van der Waals surface area contributed by atoms with E-state index in [1.54, 1.807) is 7.05 Å². The summed E-state index contributed by atoms with van der Waals surface area (Å²) >= 11 is 0. The smallest absolute Gasteiger partial charge is 0.256 e. The minimum absolute atomic E-state index is 0.254. The summed E-state index contributed by atoms with van der Waals surface area (Å²) in [7, 11) is 1.66. The third-order valence-electron chi connectivity index (χ3n) is 2.80. The second-order valence-corrected chi connectivity index (χ2v) is 4.19. The number of pyridine rings is 1. The molecule has 0 bridgehead atoms. The Morgan fingerprint density at radius 3 is 2.70 bits per heavy atom. The second-order valence-electron chi connectivity index (χ2n) is 4.19. The molecular weight excluding hydrogens is 264 g/mol. The molecule has 0 saturated heterocycles. The van der Waals surface area contributed by atoms with Crippen molar-refractivity contribution in [3.8, 4) is 0 Å². The van der Waals surface area contributed by atoms with Crippen LogP contribution in [0, 0.1) is 18.6 Å². The van der Waals surface area contributed by atoms with Gasteiger partial charge in [0.2, 0.25) is 0 Å². The number of hydrogen-bond donors (Lipinski definition) is 2. The summed E-state index contributed by atoms with van der Waals surface area (Å²) in [5.74, 6) is -1.71. The van der Waals surface area contributed by atoms with Crippen LogP contribution in [0.3, 0.4) is 0 Å². The average molecular weight is 277 g/mol. The first-order valence-electron chi connectivity index (χ1n) is 5.92. The highest BCUT2D eigenvalue weighted by Crippen LogP contribution is 2.22. The number of aryl methyl sites for hydroxylation is 1. The largest absolute Gasteiger partial charge is 0.373 e. The zero-order valence-corrected chi connectivity index (χ0v) is 11.0. The molecule has 0 fully saturated rings. The van der Waals surface area contributed by atoms with E-state index in [1.165, 1.54) is 31.3 Å². The SMILES string of the molecule is CNc1cc(C(=O)Nc2c(F)ccc(C)c2F)ccn1. The van der Waals surface area contributed by atoms with Crippen molar-refractivity contribution >= 4 is 17.4 Å². The minimum atomic E-state index is -0.815. The molecule has 0 unspecified atom stereocenters. The fourth-order valence-electron chi connectivity index (χ4n) is 1.67. The maximum atomic E-state index is 13.8. The van der Waals surface area contributed by atoms with E-state index < -0.39 is 23.2 Å².